The fourth-order valence-electron chi connectivity index (χ4n) is 2.51. The third-order valence-electron chi connectivity index (χ3n) is 3.40. The van der Waals surface area contributed by atoms with Gasteiger partial charge in [0.2, 0.25) is 0 Å². The van der Waals surface area contributed by atoms with E-state index in [1.165, 1.54) is 39.2 Å². The van der Waals surface area contributed by atoms with Crippen LogP contribution in [0.2, 0.25) is 0 Å². The molecule has 3 heteroatoms. The second kappa shape index (κ2) is 5.19. The minimum atomic E-state index is -0.235. The molecule has 0 unspecified atom stereocenters. The highest BCUT2D eigenvalue weighted by Gasteiger charge is 2.17. The lowest BCUT2D eigenvalue weighted by atomic mass is 9.89. The number of ether oxygens (including phenoxy) is 1. The zero-order chi connectivity index (χ0) is 11.4. The van der Waals surface area contributed by atoms with Crippen LogP contribution in [-0.2, 0) is 11.3 Å². The molecule has 0 N–H and O–H groups in total. The van der Waals surface area contributed by atoms with Gasteiger partial charge >= 0.3 is 5.97 Å². The minimum absolute atomic E-state index is 0.235. The van der Waals surface area contributed by atoms with E-state index < -0.39 is 0 Å². The van der Waals surface area contributed by atoms with Crippen LogP contribution in [0.5, 0.6) is 0 Å². The summed E-state index contributed by atoms with van der Waals surface area (Å²) in [6, 6.07) is 3.74. The maximum Gasteiger partial charge on any atom is 0.354 e. The summed E-state index contributed by atoms with van der Waals surface area (Å²) in [6.45, 7) is 0.956. The standard InChI is InChI=1S/C13H19NO2/c1-16-13(15)12-8-5-9-14(12)10-11-6-3-2-4-7-11/h5,8-9,11H,2-4,6-7,10H2,1H3. The Labute approximate surface area is 96.4 Å². The maximum atomic E-state index is 11.5. The first kappa shape index (κ1) is 11.2. The number of carbonyl (C=O) groups excluding carboxylic acids is 1. The van der Waals surface area contributed by atoms with E-state index in [1.807, 2.05) is 22.9 Å². The van der Waals surface area contributed by atoms with Gasteiger partial charge in [0.15, 0.2) is 0 Å². The third kappa shape index (κ3) is 2.46. The molecule has 1 aliphatic carbocycles. The van der Waals surface area contributed by atoms with Crippen molar-refractivity contribution >= 4 is 5.97 Å². The molecule has 1 heterocycles. The number of methoxy groups -OCH3 is 1. The first-order chi connectivity index (χ1) is 7.81. The Kier molecular flexibility index (Phi) is 3.65. The van der Waals surface area contributed by atoms with Crippen LogP contribution in [-0.4, -0.2) is 17.6 Å². The topological polar surface area (TPSA) is 31.2 Å². The second-order valence-electron chi connectivity index (χ2n) is 4.54. The summed E-state index contributed by atoms with van der Waals surface area (Å²) in [5.74, 6) is 0.491. The van der Waals surface area contributed by atoms with Crippen molar-refractivity contribution in [3.8, 4) is 0 Å². The molecule has 0 saturated heterocycles. The second-order valence-corrected chi connectivity index (χ2v) is 4.54. The smallest absolute Gasteiger partial charge is 0.354 e. The van der Waals surface area contributed by atoms with E-state index in [-0.39, 0.29) is 5.97 Å². The molecule has 1 aliphatic rings. The van der Waals surface area contributed by atoms with E-state index in [1.54, 1.807) is 0 Å². The molecule has 0 spiro atoms. The van der Waals surface area contributed by atoms with Crippen molar-refractivity contribution in [2.24, 2.45) is 5.92 Å². The predicted octanol–water partition coefficient (Wildman–Crippen LogP) is 2.86. The molecular weight excluding hydrogens is 202 g/mol. The van der Waals surface area contributed by atoms with Crippen LogP contribution in [0.4, 0.5) is 0 Å². The average molecular weight is 221 g/mol. The molecule has 1 aromatic heterocycles. The molecule has 1 saturated carbocycles. The van der Waals surface area contributed by atoms with Crippen molar-refractivity contribution in [3.05, 3.63) is 24.0 Å². The summed E-state index contributed by atoms with van der Waals surface area (Å²) in [6.07, 6.45) is 8.59. The van der Waals surface area contributed by atoms with Crippen LogP contribution >= 0.6 is 0 Å². The van der Waals surface area contributed by atoms with Gasteiger partial charge in [0.1, 0.15) is 5.69 Å². The first-order valence-electron chi connectivity index (χ1n) is 6.04. The van der Waals surface area contributed by atoms with Gasteiger partial charge in [0.05, 0.1) is 7.11 Å². The fourth-order valence-corrected chi connectivity index (χ4v) is 2.51. The monoisotopic (exact) mass is 221 g/mol. The lowest BCUT2D eigenvalue weighted by Gasteiger charge is -2.22. The fraction of sp³-hybridized carbons (Fsp3) is 0.615. The lowest BCUT2D eigenvalue weighted by molar-refractivity contribution is 0.0586. The highest BCUT2D eigenvalue weighted by atomic mass is 16.5. The average Bonchev–Trinajstić information content (AvgIpc) is 2.77. The van der Waals surface area contributed by atoms with Crippen LogP contribution in [0.3, 0.4) is 0 Å². The van der Waals surface area contributed by atoms with Crippen LogP contribution in [0.1, 0.15) is 42.6 Å². The van der Waals surface area contributed by atoms with Crippen molar-refractivity contribution in [3.63, 3.8) is 0 Å². The van der Waals surface area contributed by atoms with Gasteiger partial charge in [0.25, 0.3) is 0 Å². The summed E-state index contributed by atoms with van der Waals surface area (Å²) in [7, 11) is 1.43. The van der Waals surface area contributed by atoms with Crippen molar-refractivity contribution < 1.29 is 9.53 Å². The number of nitrogens with zero attached hydrogens (tertiary/aromatic N) is 1. The van der Waals surface area contributed by atoms with Crippen LogP contribution < -0.4 is 0 Å². The van der Waals surface area contributed by atoms with Crippen molar-refractivity contribution in [2.45, 2.75) is 38.6 Å². The van der Waals surface area contributed by atoms with Gasteiger partial charge < -0.3 is 9.30 Å². The molecule has 2 rings (SSSR count). The highest BCUT2D eigenvalue weighted by Crippen LogP contribution is 2.25. The van der Waals surface area contributed by atoms with Gasteiger partial charge in [-0.15, -0.1) is 0 Å². The van der Waals surface area contributed by atoms with E-state index in [2.05, 4.69) is 0 Å². The highest BCUT2D eigenvalue weighted by molar-refractivity contribution is 5.87. The van der Waals surface area contributed by atoms with E-state index in [9.17, 15) is 4.79 Å². The minimum Gasteiger partial charge on any atom is -0.464 e. The van der Waals surface area contributed by atoms with Gasteiger partial charge in [-0.3, -0.25) is 0 Å². The number of esters is 1. The van der Waals surface area contributed by atoms with Gasteiger partial charge in [-0.2, -0.15) is 0 Å². The molecule has 0 bridgehead atoms. The Hall–Kier alpha value is -1.25. The molecule has 0 aromatic carbocycles. The number of aromatic nitrogens is 1. The van der Waals surface area contributed by atoms with E-state index in [0.29, 0.717) is 5.69 Å². The molecule has 0 atom stereocenters. The Morgan fingerprint density at radius 2 is 2.19 bits per heavy atom. The summed E-state index contributed by atoms with van der Waals surface area (Å²) in [4.78, 5) is 11.5. The molecule has 0 radical (unpaired) electrons. The van der Waals surface area contributed by atoms with Crippen molar-refractivity contribution in [1.82, 2.24) is 4.57 Å². The zero-order valence-electron chi connectivity index (χ0n) is 9.82. The van der Waals surface area contributed by atoms with Gasteiger partial charge in [-0.25, -0.2) is 4.79 Å². The number of hydrogen-bond donors (Lipinski definition) is 0. The Morgan fingerprint density at radius 1 is 1.44 bits per heavy atom. The quantitative estimate of drug-likeness (QED) is 0.735. The molecule has 16 heavy (non-hydrogen) atoms. The Morgan fingerprint density at radius 3 is 2.88 bits per heavy atom. The first-order valence-corrected chi connectivity index (χ1v) is 6.04. The van der Waals surface area contributed by atoms with Gasteiger partial charge in [-0.05, 0) is 30.9 Å². The Balaban J connectivity index is 2.03. The third-order valence-corrected chi connectivity index (χ3v) is 3.40. The van der Waals surface area contributed by atoms with Crippen LogP contribution in [0.25, 0.3) is 0 Å². The Bertz CT molecular complexity index is 351. The van der Waals surface area contributed by atoms with Crippen molar-refractivity contribution in [2.75, 3.05) is 7.11 Å². The van der Waals surface area contributed by atoms with E-state index in [0.717, 1.165) is 12.5 Å². The van der Waals surface area contributed by atoms with Gasteiger partial charge in [0, 0.05) is 12.7 Å². The van der Waals surface area contributed by atoms with Gasteiger partial charge in [-0.1, -0.05) is 19.3 Å². The molecule has 0 amide bonds. The number of hydrogen-bond acceptors (Lipinski definition) is 2. The van der Waals surface area contributed by atoms with E-state index >= 15 is 0 Å². The van der Waals surface area contributed by atoms with Crippen molar-refractivity contribution in [1.29, 1.82) is 0 Å². The van der Waals surface area contributed by atoms with Crippen LogP contribution in [0, 0.1) is 5.92 Å². The number of carbonyl (C=O) groups is 1. The predicted molar refractivity (Wildman–Crippen MR) is 62.3 cm³/mol. The normalized spacial score (nSPS) is 17.3. The molecule has 0 aliphatic heterocycles. The zero-order valence-corrected chi connectivity index (χ0v) is 9.82. The molecular formula is C13H19NO2. The summed E-state index contributed by atoms with van der Waals surface area (Å²) in [5, 5.41) is 0. The molecule has 1 aromatic rings. The summed E-state index contributed by atoms with van der Waals surface area (Å²) < 4.78 is 6.79. The SMILES string of the molecule is COC(=O)c1cccn1CC1CCCCC1. The lowest BCUT2D eigenvalue weighted by Crippen LogP contribution is -2.17. The number of rotatable bonds is 3. The summed E-state index contributed by atoms with van der Waals surface area (Å²) >= 11 is 0. The summed E-state index contributed by atoms with van der Waals surface area (Å²) in [5.41, 5.74) is 0.674. The maximum absolute atomic E-state index is 11.5. The molecule has 3 nitrogen and oxygen atoms in total. The van der Waals surface area contributed by atoms with Crippen LogP contribution in [0.15, 0.2) is 18.3 Å². The largest absolute Gasteiger partial charge is 0.464 e. The molecule has 88 valence electrons. The van der Waals surface area contributed by atoms with E-state index in [4.69, 9.17) is 4.74 Å². The molecule has 1 fully saturated rings.